The zero-order chi connectivity index (χ0) is 27.0. The van der Waals surface area contributed by atoms with Gasteiger partial charge in [0, 0.05) is 11.5 Å². The highest BCUT2D eigenvalue weighted by Gasteiger charge is 2.54. The number of ether oxygens (including phenoxy) is 2. The Kier molecular flexibility index (Phi) is 7.47. The van der Waals surface area contributed by atoms with Crippen LogP contribution in [0, 0.1) is 0 Å². The molecule has 1 aliphatic carbocycles. The molecule has 0 aromatic heterocycles. The van der Waals surface area contributed by atoms with Gasteiger partial charge in [-0.25, -0.2) is 0 Å². The van der Waals surface area contributed by atoms with Gasteiger partial charge in [0.15, 0.2) is 11.5 Å². The van der Waals surface area contributed by atoms with E-state index < -0.39 is 53.9 Å². The van der Waals surface area contributed by atoms with E-state index in [1.54, 1.807) is 12.1 Å². The van der Waals surface area contributed by atoms with Crippen LogP contribution in [0.4, 0.5) is 0 Å². The Bertz CT molecular complexity index is 1200. The largest absolute Gasteiger partial charge is 0.504 e. The van der Waals surface area contributed by atoms with Gasteiger partial charge in [-0.1, -0.05) is 44.7 Å². The molecule has 2 heterocycles. The van der Waals surface area contributed by atoms with Crippen molar-refractivity contribution in [3.8, 4) is 17.2 Å². The summed E-state index contributed by atoms with van der Waals surface area (Å²) in [5.74, 6) is -2.20. The van der Waals surface area contributed by atoms with Gasteiger partial charge in [0.05, 0.1) is 17.6 Å². The molecule has 1 fully saturated rings. The average molecular weight is 527 g/mol. The zero-order valence-electron chi connectivity index (χ0n) is 21.2. The van der Waals surface area contributed by atoms with Crippen molar-refractivity contribution in [1.82, 2.24) is 10.6 Å². The molecule has 3 aliphatic rings. The number of amides is 2. The van der Waals surface area contributed by atoms with Crippen LogP contribution in [-0.4, -0.2) is 69.4 Å². The summed E-state index contributed by atoms with van der Waals surface area (Å²) in [4.78, 5) is 26.1. The van der Waals surface area contributed by atoms with E-state index in [0.717, 1.165) is 18.4 Å². The lowest BCUT2D eigenvalue weighted by Crippen LogP contribution is -2.69. The number of nitrogens with one attached hydrogen (secondary N) is 2. The lowest BCUT2D eigenvalue weighted by atomic mass is 9.68. The number of aliphatic hydroxyl groups excluding tert-OH is 3. The van der Waals surface area contributed by atoms with Crippen molar-refractivity contribution in [2.75, 3.05) is 6.79 Å². The molecule has 0 bridgehead atoms. The molecule has 10 heteroatoms. The third kappa shape index (κ3) is 4.68. The van der Waals surface area contributed by atoms with Crippen LogP contribution in [0.1, 0.15) is 76.8 Å². The van der Waals surface area contributed by atoms with Crippen LogP contribution in [-0.2, 0) is 6.42 Å². The van der Waals surface area contributed by atoms with Gasteiger partial charge in [-0.05, 0) is 42.2 Å². The van der Waals surface area contributed by atoms with Crippen molar-refractivity contribution in [2.24, 2.45) is 0 Å². The number of carbonyl (C=O) groups excluding carboxylic acids is 2. The molecule has 6 N–H and O–H groups in total. The van der Waals surface area contributed by atoms with E-state index in [1.807, 2.05) is 12.1 Å². The van der Waals surface area contributed by atoms with E-state index in [9.17, 15) is 30.0 Å². The number of aromatic hydroxyl groups is 1. The van der Waals surface area contributed by atoms with Gasteiger partial charge >= 0.3 is 0 Å². The fraction of sp³-hybridized carbons (Fsp3) is 0.500. The summed E-state index contributed by atoms with van der Waals surface area (Å²) >= 11 is 0. The molecule has 1 saturated carbocycles. The summed E-state index contributed by atoms with van der Waals surface area (Å²) in [5, 5.41) is 48.4. The summed E-state index contributed by atoms with van der Waals surface area (Å²) in [6.45, 7) is 2.04. The van der Waals surface area contributed by atoms with E-state index >= 15 is 0 Å². The molecular formula is C28H34N2O8. The predicted octanol–water partition coefficient (Wildman–Crippen LogP) is 1.72. The van der Waals surface area contributed by atoms with Crippen molar-refractivity contribution in [3.63, 3.8) is 0 Å². The maximum atomic E-state index is 13.2. The van der Waals surface area contributed by atoms with Crippen molar-refractivity contribution >= 4 is 11.8 Å². The monoisotopic (exact) mass is 526 g/mol. The number of hydrogen-bond acceptors (Lipinski definition) is 8. The van der Waals surface area contributed by atoms with E-state index in [1.165, 1.54) is 31.7 Å². The van der Waals surface area contributed by atoms with Crippen molar-refractivity contribution in [1.29, 1.82) is 0 Å². The Labute approximate surface area is 220 Å². The molecule has 0 spiro atoms. The second kappa shape index (κ2) is 10.8. The maximum absolute atomic E-state index is 13.2. The van der Waals surface area contributed by atoms with E-state index in [-0.39, 0.29) is 29.4 Å². The van der Waals surface area contributed by atoms with Gasteiger partial charge in [0.2, 0.25) is 12.5 Å². The van der Waals surface area contributed by atoms with E-state index in [4.69, 9.17) is 9.47 Å². The zero-order valence-corrected chi connectivity index (χ0v) is 21.2. The maximum Gasteiger partial charge on any atom is 0.255 e. The van der Waals surface area contributed by atoms with Crippen LogP contribution in [0.15, 0.2) is 30.3 Å². The third-order valence-corrected chi connectivity index (χ3v) is 7.84. The van der Waals surface area contributed by atoms with Crippen LogP contribution in [0.5, 0.6) is 17.2 Å². The van der Waals surface area contributed by atoms with Crippen LogP contribution < -0.4 is 20.1 Å². The number of carbonyl (C=O) groups is 2. The predicted molar refractivity (Wildman–Crippen MR) is 136 cm³/mol. The summed E-state index contributed by atoms with van der Waals surface area (Å²) < 4.78 is 10.7. The first kappa shape index (κ1) is 26.3. The lowest BCUT2D eigenvalue weighted by molar-refractivity contribution is -0.117. The Morgan fingerprint density at radius 2 is 1.76 bits per heavy atom. The highest BCUT2D eigenvalue weighted by Crippen LogP contribution is 2.50. The number of benzene rings is 2. The number of phenols is 1. The normalized spacial score (nSPS) is 27.3. The first-order valence-corrected chi connectivity index (χ1v) is 13.2. The van der Waals surface area contributed by atoms with E-state index in [0.29, 0.717) is 5.56 Å². The molecule has 0 unspecified atom stereocenters. The minimum atomic E-state index is -1.62. The molecule has 2 aromatic carbocycles. The fourth-order valence-electron chi connectivity index (χ4n) is 5.77. The molecule has 2 aromatic rings. The molecule has 204 valence electrons. The summed E-state index contributed by atoms with van der Waals surface area (Å²) in [6, 6.07) is 6.63. The highest BCUT2D eigenvalue weighted by molar-refractivity contribution is 6.02. The lowest BCUT2D eigenvalue weighted by Gasteiger charge is -2.49. The Hall–Kier alpha value is -3.34. The Morgan fingerprint density at radius 1 is 1.03 bits per heavy atom. The van der Waals surface area contributed by atoms with Crippen LogP contribution in [0.2, 0.25) is 0 Å². The minimum Gasteiger partial charge on any atom is -0.504 e. The molecular weight excluding hydrogens is 492 g/mol. The van der Waals surface area contributed by atoms with Crippen molar-refractivity contribution in [3.05, 3.63) is 52.6 Å². The molecule has 38 heavy (non-hydrogen) atoms. The van der Waals surface area contributed by atoms with Gasteiger partial charge in [0.1, 0.15) is 18.3 Å². The number of unbranched alkanes of at least 4 members (excludes halogenated alkanes) is 4. The van der Waals surface area contributed by atoms with E-state index in [2.05, 4.69) is 17.6 Å². The van der Waals surface area contributed by atoms with Gasteiger partial charge in [-0.2, -0.15) is 0 Å². The first-order valence-electron chi connectivity index (χ1n) is 13.2. The number of aliphatic hydroxyl groups is 3. The number of phenolic OH excluding ortho intramolecular Hbond substituents is 1. The fourth-order valence-corrected chi connectivity index (χ4v) is 5.77. The second-order valence-electron chi connectivity index (χ2n) is 10.3. The van der Waals surface area contributed by atoms with Crippen molar-refractivity contribution in [2.45, 2.75) is 81.8 Å². The Morgan fingerprint density at radius 3 is 2.50 bits per heavy atom. The molecule has 10 nitrogen and oxygen atoms in total. The average Bonchev–Trinajstić information content (AvgIpc) is 3.39. The van der Waals surface area contributed by atoms with Crippen LogP contribution >= 0.6 is 0 Å². The Balaban J connectivity index is 1.39. The number of fused-ring (bicyclic) bond motifs is 4. The second-order valence-corrected chi connectivity index (χ2v) is 10.3. The first-order chi connectivity index (χ1) is 18.3. The topological polar surface area (TPSA) is 158 Å². The summed E-state index contributed by atoms with van der Waals surface area (Å²) in [6.07, 6.45) is 2.14. The van der Waals surface area contributed by atoms with Crippen LogP contribution in [0.3, 0.4) is 0 Å². The quantitative estimate of drug-likeness (QED) is 0.284. The molecule has 2 amide bonds. The molecule has 5 rings (SSSR count). The summed E-state index contributed by atoms with van der Waals surface area (Å²) in [5.41, 5.74) is 1.69. The minimum absolute atomic E-state index is 0.0281. The SMILES string of the molecule is CCCCCCCc1ccc(C(=O)N[C@H]2[C@H](O)[C@@H](O)[C@@H](O)[C@@H]3NC(=O)c4c(cc5c(c4O)OCO5)[C@@H]23)cc1. The van der Waals surface area contributed by atoms with Gasteiger partial charge in [-0.3, -0.25) is 9.59 Å². The molecule has 2 aliphatic heterocycles. The van der Waals surface area contributed by atoms with Gasteiger partial charge < -0.3 is 40.5 Å². The molecule has 0 saturated heterocycles. The smallest absolute Gasteiger partial charge is 0.255 e. The number of rotatable bonds is 8. The van der Waals surface area contributed by atoms with Crippen LogP contribution in [0.25, 0.3) is 0 Å². The standard InChI is InChI=1S/C28H34N2O8/c1-2-3-4-5-6-7-14-8-10-15(11-9-14)27(35)29-20-18-16-12-17-26(38-13-37-17)22(31)19(16)28(36)30-21(18)24(33)25(34)23(20)32/h8-12,18,20-21,23-25,31-34H,2-7,13H2,1H3,(H,29,35)(H,30,36)/t18-,20+,21+,23-,24-,25+/m0/s1. The highest BCUT2D eigenvalue weighted by atomic mass is 16.7. The van der Waals surface area contributed by atoms with Gasteiger partial charge in [0.25, 0.3) is 11.8 Å². The molecule has 0 radical (unpaired) electrons. The van der Waals surface area contributed by atoms with Gasteiger partial charge in [-0.15, -0.1) is 0 Å². The third-order valence-electron chi connectivity index (χ3n) is 7.84. The molecule has 6 atom stereocenters. The number of hydrogen-bond donors (Lipinski definition) is 6. The summed E-state index contributed by atoms with van der Waals surface area (Å²) in [7, 11) is 0. The number of aryl methyl sites for hydroxylation is 1. The van der Waals surface area contributed by atoms with Crippen molar-refractivity contribution < 1.29 is 39.5 Å².